The van der Waals surface area contributed by atoms with E-state index in [1.54, 1.807) is 0 Å². The van der Waals surface area contributed by atoms with Gasteiger partial charge in [0.2, 0.25) is 0 Å². The van der Waals surface area contributed by atoms with E-state index in [-0.39, 0.29) is 18.2 Å². The van der Waals surface area contributed by atoms with Crippen LogP contribution in [0.4, 0.5) is 4.79 Å². The molecule has 0 aromatic heterocycles. The van der Waals surface area contributed by atoms with E-state index < -0.39 is 24.3 Å². The van der Waals surface area contributed by atoms with Crippen LogP contribution in [-0.2, 0) is 7.90 Å². The molecular weight excluding hydrogens is 469 g/mol. The zero-order valence-electron chi connectivity index (χ0n) is 15.3. The van der Waals surface area contributed by atoms with Crippen LogP contribution < -0.4 is 0 Å². The molecule has 3 nitrogen and oxygen atoms in total. The predicted octanol–water partition coefficient (Wildman–Crippen LogP) is 5.03. The van der Waals surface area contributed by atoms with E-state index >= 15 is 0 Å². The summed E-state index contributed by atoms with van der Waals surface area (Å²) in [6, 6.07) is 10.4. The quantitative estimate of drug-likeness (QED) is 0.531. The molecule has 0 aliphatic heterocycles. The van der Waals surface area contributed by atoms with Crippen LogP contribution in [0.3, 0.4) is 0 Å². The maximum atomic E-state index is 12.8. The molecule has 0 fully saturated rings. The Morgan fingerprint density at radius 2 is 1.50 bits per heavy atom. The van der Waals surface area contributed by atoms with Crippen molar-refractivity contribution in [3.63, 3.8) is 0 Å². The second-order valence-electron chi connectivity index (χ2n) is 7.61. The summed E-state index contributed by atoms with van der Waals surface area (Å²) in [6.07, 6.45) is -0.203. The van der Waals surface area contributed by atoms with Crippen LogP contribution in [0.5, 0.6) is 0 Å². The van der Waals surface area contributed by atoms with Gasteiger partial charge in [0.15, 0.2) is 0 Å². The fraction of sp³-hybridized carbons (Fsp3) is 0.611. The predicted molar refractivity (Wildman–Crippen MR) is 95.7 cm³/mol. The summed E-state index contributed by atoms with van der Waals surface area (Å²) in [5.41, 5.74) is 1.12. The van der Waals surface area contributed by atoms with Gasteiger partial charge in [0, 0.05) is 0 Å². The van der Waals surface area contributed by atoms with Crippen LogP contribution >= 0.6 is 0 Å². The molecule has 0 spiro atoms. The molecular formula is C18H31NO2Pb. The van der Waals surface area contributed by atoms with Crippen LogP contribution in [-0.4, -0.2) is 44.2 Å². The molecule has 4 heteroatoms. The number of hydrogen-bond acceptors (Lipinski definition) is 2. The Bertz CT molecular complexity index is 486. The third kappa shape index (κ3) is 4.24. The molecule has 0 radical (unpaired) electrons. The molecule has 0 unspecified atom stereocenters. The van der Waals surface area contributed by atoms with E-state index in [2.05, 4.69) is 32.5 Å². The van der Waals surface area contributed by atoms with E-state index in [0.29, 0.717) is 0 Å². The average molecular weight is 501 g/mol. The monoisotopic (exact) mass is 501 g/mol. The summed E-state index contributed by atoms with van der Waals surface area (Å²) in [5.74, 6) is 0. The molecule has 0 saturated heterocycles. The maximum absolute atomic E-state index is 12.8. The number of rotatable bonds is 5. The molecule has 1 amide bonds. The Hall–Kier alpha value is -0.588. The van der Waals surface area contributed by atoms with Crippen molar-refractivity contribution in [2.75, 3.05) is 0 Å². The number of benzene rings is 1. The van der Waals surface area contributed by atoms with Gasteiger partial charge in [-0.2, -0.15) is 0 Å². The molecule has 1 rings (SSSR count). The number of ether oxygens (including phenoxy) is 1. The molecule has 0 bridgehead atoms. The normalized spacial score (nSPS) is 14.8. The summed E-state index contributed by atoms with van der Waals surface area (Å²) in [6.45, 7) is 10.2. The summed E-state index contributed by atoms with van der Waals surface area (Å²) in [7, 11) is 0. The van der Waals surface area contributed by atoms with Gasteiger partial charge >= 0.3 is 141 Å². The Morgan fingerprint density at radius 1 is 1.05 bits per heavy atom. The standard InChI is InChI=1S/C15H22NO2.3CH3.Pb/c1-11(2)16(12(3)4)15(17)18-13(5)14-9-7-6-8-10-14;;;;/h6-12H,1-5H3;3*1H3;. The topological polar surface area (TPSA) is 29.5 Å². The zero-order valence-corrected chi connectivity index (χ0v) is 19.2. The third-order valence-electron chi connectivity index (χ3n) is 4.37. The third-order valence-corrected chi connectivity index (χ3v) is 17.0. The van der Waals surface area contributed by atoms with Crippen LogP contribution in [0, 0.1) is 0 Å². The molecule has 0 aliphatic carbocycles. The SMILES string of the molecule is CC(C)N(C(=O)O[C@](C)(c1ccccc1)[Pb]([CH3])([CH3])[CH3])C(C)C. The summed E-state index contributed by atoms with van der Waals surface area (Å²) >= 11 is -2.75. The van der Waals surface area contributed by atoms with Crippen LogP contribution in [0.15, 0.2) is 30.3 Å². The van der Waals surface area contributed by atoms with Crippen molar-refractivity contribution in [1.82, 2.24) is 4.90 Å². The van der Waals surface area contributed by atoms with Gasteiger partial charge in [-0.25, -0.2) is 0 Å². The first-order valence-electron chi connectivity index (χ1n) is 8.07. The molecule has 1 atom stereocenters. The van der Waals surface area contributed by atoms with Crippen molar-refractivity contribution in [1.29, 1.82) is 0 Å². The van der Waals surface area contributed by atoms with E-state index in [0.717, 1.165) is 5.56 Å². The summed E-state index contributed by atoms with van der Waals surface area (Å²) in [4.78, 5) is 14.6. The molecule has 22 heavy (non-hydrogen) atoms. The fourth-order valence-corrected chi connectivity index (χ4v) is 8.19. The first kappa shape index (κ1) is 19.5. The van der Waals surface area contributed by atoms with Crippen molar-refractivity contribution < 1.29 is 9.53 Å². The Morgan fingerprint density at radius 3 is 1.86 bits per heavy atom. The van der Waals surface area contributed by atoms with Gasteiger partial charge in [0.05, 0.1) is 0 Å². The second kappa shape index (κ2) is 7.32. The first-order valence-corrected chi connectivity index (χ1v) is 21.7. The molecule has 0 saturated carbocycles. The molecule has 0 N–H and O–H groups in total. The van der Waals surface area contributed by atoms with Gasteiger partial charge in [-0.05, 0) is 0 Å². The molecule has 0 heterocycles. The number of nitrogens with zero attached hydrogens (tertiary/aromatic N) is 1. The van der Waals surface area contributed by atoms with Gasteiger partial charge in [-0.3, -0.25) is 0 Å². The number of amides is 1. The van der Waals surface area contributed by atoms with Crippen molar-refractivity contribution in [3.8, 4) is 0 Å². The van der Waals surface area contributed by atoms with Crippen molar-refractivity contribution >= 4 is 27.3 Å². The number of carbonyl (C=O) groups is 1. The minimum absolute atomic E-state index is 0.129. The molecule has 0 aliphatic rings. The average Bonchev–Trinajstić information content (AvgIpc) is 2.37. The number of carbonyl (C=O) groups excluding carboxylic acids is 1. The van der Waals surface area contributed by atoms with Crippen molar-refractivity contribution in [2.24, 2.45) is 0 Å². The van der Waals surface area contributed by atoms with E-state index in [9.17, 15) is 4.79 Å². The Kier molecular flexibility index (Phi) is 6.48. The Labute approximate surface area is 140 Å². The first-order chi connectivity index (χ1) is 10.0. The van der Waals surface area contributed by atoms with Gasteiger partial charge in [-0.1, -0.05) is 0 Å². The number of hydrogen-bond donors (Lipinski definition) is 0. The van der Waals surface area contributed by atoms with E-state index in [1.807, 2.05) is 50.8 Å². The fourth-order valence-electron chi connectivity index (χ4n) is 2.65. The van der Waals surface area contributed by atoms with Crippen LogP contribution in [0.1, 0.15) is 40.2 Å². The van der Waals surface area contributed by atoms with Crippen LogP contribution in [0.25, 0.3) is 0 Å². The van der Waals surface area contributed by atoms with Gasteiger partial charge in [0.25, 0.3) is 0 Å². The molecule has 1 aromatic carbocycles. The van der Waals surface area contributed by atoms with Gasteiger partial charge in [0.1, 0.15) is 0 Å². The van der Waals surface area contributed by atoms with Gasteiger partial charge in [-0.15, -0.1) is 0 Å². The van der Waals surface area contributed by atoms with Gasteiger partial charge < -0.3 is 0 Å². The van der Waals surface area contributed by atoms with E-state index in [4.69, 9.17) is 4.74 Å². The summed E-state index contributed by atoms with van der Waals surface area (Å²) < 4.78 is 12.7. The Balaban J connectivity index is 3.19. The second-order valence-corrected chi connectivity index (χ2v) is 28.8. The van der Waals surface area contributed by atoms with Crippen LogP contribution in [0.2, 0.25) is 13.4 Å². The minimum atomic E-state index is -2.75. The molecule has 1 aromatic rings. The summed E-state index contributed by atoms with van der Waals surface area (Å²) in [5, 5.41) is 0. The molecule has 124 valence electrons. The zero-order chi connectivity index (χ0) is 17.1. The van der Waals surface area contributed by atoms with E-state index in [1.165, 1.54) is 0 Å². The van der Waals surface area contributed by atoms with Crippen molar-refractivity contribution in [2.45, 2.75) is 63.3 Å². The van der Waals surface area contributed by atoms with Crippen molar-refractivity contribution in [3.05, 3.63) is 35.9 Å².